The third-order valence-electron chi connectivity index (χ3n) is 3.43. The number of urea groups is 1. The molecule has 5 heteroatoms. The summed E-state index contributed by atoms with van der Waals surface area (Å²) in [5, 5.41) is 7.85. The maximum atomic E-state index is 12.3. The molecule has 4 nitrogen and oxygen atoms in total. The molecule has 2 aromatic heterocycles. The minimum absolute atomic E-state index is 0.174. The summed E-state index contributed by atoms with van der Waals surface area (Å²) in [7, 11) is 0. The largest absolute Gasteiger partial charge is 0.326 e. The van der Waals surface area contributed by atoms with Crippen molar-refractivity contribution in [3.05, 3.63) is 82.3 Å². The number of aromatic nitrogens is 1. The van der Waals surface area contributed by atoms with Crippen molar-refractivity contribution in [3.8, 4) is 0 Å². The number of carbonyl (C=O) groups excluding carboxylic acids is 1. The highest BCUT2D eigenvalue weighted by molar-refractivity contribution is 7.10. The molecule has 0 aliphatic carbocycles. The highest BCUT2D eigenvalue weighted by atomic mass is 32.1. The number of amides is 2. The third-order valence-corrected chi connectivity index (χ3v) is 4.37. The van der Waals surface area contributed by atoms with Crippen molar-refractivity contribution in [1.82, 2.24) is 10.3 Å². The number of nitrogens with zero attached hydrogens (tertiary/aromatic N) is 1. The second-order valence-corrected chi connectivity index (χ2v) is 6.18. The summed E-state index contributed by atoms with van der Waals surface area (Å²) in [6.45, 7) is 2.05. The lowest BCUT2D eigenvalue weighted by Gasteiger charge is -2.18. The van der Waals surface area contributed by atoms with Crippen LogP contribution >= 0.6 is 11.3 Å². The molecule has 3 aromatic rings. The summed E-state index contributed by atoms with van der Waals surface area (Å²) in [5.74, 6) is 0. The lowest BCUT2D eigenvalue weighted by Crippen LogP contribution is -2.32. The van der Waals surface area contributed by atoms with Crippen molar-refractivity contribution < 1.29 is 4.79 Å². The minimum atomic E-state index is -0.253. The second kappa shape index (κ2) is 7.07. The van der Waals surface area contributed by atoms with E-state index < -0.39 is 0 Å². The molecular weight excluding hydrogens is 306 g/mol. The summed E-state index contributed by atoms with van der Waals surface area (Å²) in [5.41, 5.74) is 2.91. The molecule has 0 saturated heterocycles. The molecule has 1 aromatic carbocycles. The van der Waals surface area contributed by atoms with E-state index in [1.54, 1.807) is 35.9 Å². The fourth-order valence-electron chi connectivity index (χ4n) is 2.27. The van der Waals surface area contributed by atoms with Gasteiger partial charge in [0, 0.05) is 11.1 Å². The number of thiophene rings is 1. The van der Waals surface area contributed by atoms with Crippen LogP contribution in [0.25, 0.3) is 0 Å². The summed E-state index contributed by atoms with van der Waals surface area (Å²) in [4.78, 5) is 17.4. The lowest BCUT2D eigenvalue weighted by molar-refractivity contribution is 0.250. The van der Waals surface area contributed by atoms with E-state index >= 15 is 0 Å². The second-order valence-electron chi connectivity index (χ2n) is 5.20. The number of hydrogen-bond donors (Lipinski definition) is 2. The highest BCUT2D eigenvalue weighted by Crippen LogP contribution is 2.26. The molecule has 0 saturated carbocycles. The Bertz CT molecular complexity index is 755. The van der Waals surface area contributed by atoms with Crippen LogP contribution in [0.5, 0.6) is 0 Å². The predicted molar refractivity (Wildman–Crippen MR) is 93.7 cm³/mol. The van der Waals surface area contributed by atoms with Gasteiger partial charge in [-0.1, -0.05) is 35.9 Å². The van der Waals surface area contributed by atoms with Crippen LogP contribution in [-0.2, 0) is 0 Å². The van der Waals surface area contributed by atoms with Crippen molar-refractivity contribution >= 4 is 23.1 Å². The lowest BCUT2D eigenvalue weighted by atomic mass is 10.0. The van der Waals surface area contributed by atoms with Gasteiger partial charge < -0.3 is 10.6 Å². The van der Waals surface area contributed by atoms with Crippen LogP contribution in [0.1, 0.15) is 22.0 Å². The van der Waals surface area contributed by atoms with Crippen LogP contribution in [0, 0.1) is 6.92 Å². The van der Waals surface area contributed by atoms with Gasteiger partial charge in [-0.15, -0.1) is 11.3 Å². The van der Waals surface area contributed by atoms with Crippen LogP contribution in [0.2, 0.25) is 0 Å². The maximum absolute atomic E-state index is 12.3. The number of rotatable bonds is 4. The molecule has 0 fully saturated rings. The van der Waals surface area contributed by atoms with Gasteiger partial charge in [-0.25, -0.2) is 4.79 Å². The Morgan fingerprint density at radius 1 is 1.13 bits per heavy atom. The normalized spacial score (nSPS) is 11.7. The first kappa shape index (κ1) is 15.2. The van der Waals surface area contributed by atoms with Gasteiger partial charge >= 0.3 is 6.03 Å². The molecule has 2 amide bonds. The summed E-state index contributed by atoms with van der Waals surface area (Å²) >= 11 is 1.62. The van der Waals surface area contributed by atoms with Gasteiger partial charge in [0.15, 0.2) is 0 Å². The maximum Gasteiger partial charge on any atom is 0.320 e. The number of hydrogen-bond acceptors (Lipinski definition) is 3. The van der Waals surface area contributed by atoms with Crippen molar-refractivity contribution in [3.63, 3.8) is 0 Å². The standard InChI is InChI=1S/C18H17N3OS/c1-13-6-8-14(9-7-13)17(16-5-3-11-23-16)21-18(22)20-15-4-2-10-19-12-15/h2-12,17H,1H3,(H2,20,21,22). The Morgan fingerprint density at radius 2 is 1.96 bits per heavy atom. The average molecular weight is 323 g/mol. The van der Waals surface area contributed by atoms with Gasteiger partial charge in [0.05, 0.1) is 17.9 Å². The van der Waals surface area contributed by atoms with Gasteiger partial charge in [0.1, 0.15) is 0 Å². The van der Waals surface area contributed by atoms with E-state index in [-0.39, 0.29) is 12.1 Å². The van der Waals surface area contributed by atoms with E-state index in [0.29, 0.717) is 5.69 Å². The monoisotopic (exact) mass is 323 g/mol. The molecule has 1 unspecified atom stereocenters. The number of nitrogens with one attached hydrogen (secondary N) is 2. The Kier molecular flexibility index (Phi) is 4.68. The van der Waals surface area contributed by atoms with Crippen molar-refractivity contribution in [2.75, 3.05) is 5.32 Å². The van der Waals surface area contributed by atoms with Crippen molar-refractivity contribution in [2.45, 2.75) is 13.0 Å². The fourth-order valence-corrected chi connectivity index (χ4v) is 3.07. The molecule has 23 heavy (non-hydrogen) atoms. The molecular formula is C18H17N3OS. The molecule has 0 radical (unpaired) electrons. The first-order valence-corrected chi connectivity index (χ1v) is 8.18. The van der Waals surface area contributed by atoms with E-state index in [0.717, 1.165) is 10.4 Å². The van der Waals surface area contributed by atoms with Gasteiger partial charge in [0.25, 0.3) is 0 Å². The fraction of sp³-hybridized carbons (Fsp3) is 0.111. The van der Waals surface area contributed by atoms with Crippen LogP contribution in [0.15, 0.2) is 66.3 Å². The number of anilines is 1. The Morgan fingerprint density at radius 3 is 2.61 bits per heavy atom. The smallest absolute Gasteiger partial charge is 0.320 e. The molecule has 2 heterocycles. The molecule has 0 spiro atoms. The van der Waals surface area contributed by atoms with E-state index in [4.69, 9.17) is 0 Å². The first-order valence-electron chi connectivity index (χ1n) is 7.30. The zero-order valence-corrected chi connectivity index (χ0v) is 13.5. The van der Waals surface area contributed by atoms with Crippen molar-refractivity contribution in [2.24, 2.45) is 0 Å². The van der Waals surface area contributed by atoms with Crippen molar-refractivity contribution in [1.29, 1.82) is 0 Å². The first-order chi connectivity index (χ1) is 11.2. The van der Waals surface area contributed by atoms with Crippen LogP contribution in [0.4, 0.5) is 10.5 Å². The summed E-state index contributed by atoms with van der Waals surface area (Å²) in [6, 6.07) is 15.4. The Hall–Kier alpha value is -2.66. The zero-order chi connectivity index (χ0) is 16.1. The summed E-state index contributed by atoms with van der Waals surface area (Å²) < 4.78 is 0. The molecule has 0 aliphatic heterocycles. The molecule has 116 valence electrons. The summed E-state index contributed by atoms with van der Waals surface area (Å²) in [6.07, 6.45) is 3.29. The quantitative estimate of drug-likeness (QED) is 0.749. The number of carbonyl (C=O) groups is 1. The average Bonchev–Trinajstić information content (AvgIpc) is 3.09. The predicted octanol–water partition coefficient (Wildman–Crippen LogP) is 4.36. The molecule has 2 N–H and O–H groups in total. The van der Waals surface area contributed by atoms with Crippen LogP contribution < -0.4 is 10.6 Å². The van der Waals surface area contributed by atoms with E-state index in [1.165, 1.54) is 5.56 Å². The zero-order valence-electron chi connectivity index (χ0n) is 12.7. The number of aryl methyl sites for hydroxylation is 1. The Labute approximate surface area is 139 Å². The van der Waals surface area contributed by atoms with Crippen LogP contribution in [-0.4, -0.2) is 11.0 Å². The minimum Gasteiger partial charge on any atom is -0.326 e. The topological polar surface area (TPSA) is 54.0 Å². The third kappa shape index (κ3) is 3.96. The molecule has 3 rings (SSSR count). The van der Waals surface area contributed by atoms with E-state index in [1.807, 2.05) is 36.6 Å². The molecule has 0 aliphatic rings. The van der Waals surface area contributed by atoms with Crippen LogP contribution in [0.3, 0.4) is 0 Å². The van der Waals surface area contributed by atoms with Gasteiger partial charge in [0.2, 0.25) is 0 Å². The van der Waals surface area contributed by atoms with E-state index in [2.05, 4.69) is 27.8 Å². The highest BCUT2D eigenvalue weighted by Gasteiger charge is 2.17. The van der Waals surface area contributed by atoms with E-state index in [9.17, 15) is 4.79 Å². The van der Waals surface area contributed by atoms with Gasteiger partial charge in [-0.05, 0) is 36.1 Å². The number of pyridine rings is 1. The Balaban J connectivity index is 1.79. The van der Waals surface area contributed by atoms with Gasteiger partial charge in [-0.2, -0.15) is 0 Å². The number of benzene rings is 1. The molecule has 1 atom stereocenters. The molecule has 0 bridgehead atoms. The SMILES string of the molecule is Cc1ccc(C(NC(=O)Nc2cccnc2)c2cccs2)cc1. The van der Waals surface area contributed by atoms with Gasteiger partial charge in [-0.3, -0.25) is 4.98 Å².